The smallest absolute Gasteiger partial charge is 0.328 e. The van der Waals surface area contributed by atoms with Gasteiger partial charge in [-0.3, -0.25) is 4.79 Å². The van der Waals surface area contributed by atoms with Crippen molar-refractivity contribution in [3.8, 4) is 28.0 Å². The first kappa shape index (κ1) is 19.5. The molecule has 0 aliphatic heterocycles. The van der Waals surface area contributed by atoms with Crippen molar-refractivity contribution >= 4 is 18.0 Å². The van der Waals surface area contributed by atoms with Crippen LogP contribution in [0.1, 0.15) is 23.5 Å². The molecule has 3 aromatic rings. The van der Waals surface area contributed by atoms with Crippen LogP contribution in [0.3, 0.4) is 0 Å². The molecular formula is C25H20O5. The Balaban J connectivity index is 1.83. The van der Waals surface area contributed by atoms with Crippen LogP contribution in [0.15, 0.2) is 72.8 Å². The van der Waals surface area contributed by atoms with Gasteiger partial charge >= 0.3 is 11.9 Å². The Morgan fingerprint density at radius 1 is 0.867 bits per heavy atom. The molecule has 2 unspecified atom stereocenters. The minimum atomic E-state index is -1.06. The van der Waals surface area contributed by atoms with Gasteiger partial charge in [-0.25, -0.2) is 4.79 Å². The van der Waals surface area contributed by atoms with Crippen LogP contribution in [-0.4, -0.2) is 27.3 Å². The summed E-state index contributed by atoms with van der Waals surface area (Å²) in [7, 11) is 0. The second-order valence-electron chi connectivity index (χ2n) is 7.40. The van der Waals surface area contributed by atoms with Gasteiger partial charge in [0.15, 0.2) is 0 Å². The molecule has 0 saturated heterocycles. The van der Waals surface area contributed by atoms with Gasteiger partial charge in [0.1, 0.15) is 5.75 Å². The van der Waals surface area contributed by atoms with Crippen LogP contribution in [0.5, 0.6) is 5.75 Å². The van der Waals surface area contributed by atoms with E-state index < -0.39 is 17.9 Å². The Morgan fingerprint density at radius 3 is 2.30 bits per heavy atom. The van der Waals surface area contributed by atoms with E-state index in [2.05, 4.69) is 0 Å². The molecule has 30 heavy (non-hydrogen) atoms. The topological polar surface area (TPSA) is 94.8 Å². The Bertz CT molecular complexity index is 1150. The van der Waals surface area contributed by atoms with Gasteiger partial charge in [-0.1, -0.05) is 48.5 Å². The molecule has 1 aliphatic carbocycles. The molecule has 1 saturated carbocycles. The molecule has 5 nitrogen and oxygen atoms in total. The zero-order valence-electron chi connectivity index (χ0n) is 16.0. The van der Waals surface area contributed by atoms with Gasteiger partial charge in [0, 0.05) is 11.6 Å². The van der Waals surface area contributed by atoms with Crippen LogP contribution in [0.4, 0.5) is 0 Å². The van der Waals surface area contributed by atoms with Crippen molar-refractivity contribution in [3.63, 3.8) is 0 Å². The average Bonchev–Trinajstić information content (AvgIpc) is 3.54. The highest BCUT2D eigenvalue weighted by Crippen LogP contribution is 2.49. The summed E-state index contributed by atoms with van der Waals surface area (Å²) in [5.74, 6) is -2.29. The van der Waals surface area contributed by atoms with Gasteiger partial charge in [0.05, 0.1) is 5.92 Å². The van der Waals surface area contributed by atoms with Crippen molar-refractivity contribution in [1.29, 1.82) is 0 Å². The quantitative estimate of drug-likeness (QED) is 0.506. The van der Waals surface area contributed by atoms with Crippen molar-refractivity contribution < 1.29 is 24.9 Å². The highest BCUT2D eigenvalue weighted by molar-refractivity contribution is 5.90. The summed E-state index contributed by atoms with van der Waals surface area (Å²) < 4.78 is 0. The summed E-state index contributed by atoms with van der Waals surface area (Å²) in [6.07, 6.45) is 3.13. The van der Waals surface area contributed by atoms with E-state index in [0.29, 0.717) is 23.1 Å². The number of aliphatic carboxylic acids is 2. The zero-order chi connectivity index (χ0) is 21.3. The van der Waals surface area contributed by atoms with Crippen LogP contribution < -0.4 is 0 Å². The molecule has 5 heteroatoms. The van der Waals surface area contributed by atoms with Gasteiger partial charge in [0.2, 0.25) is 0 Å². The number of benzene rings is 3. The van der Waals surface area contributed by atoms with E-state index in [0.717, 1.165) is 22.8 Å². The molecule has 1 fully saturated rings. The first-order valence-electron chi connectivity index (χ1n) is 9.60. The molecule has 3 aromatic carbocycles. The second kappa shape index (κ2) is 7.87. The molecule has 3 N–H and O–H groups in total. The second-order valence-corrected chi connectivity index (χ2v) is 7.40. The predicted octanol–water partition coefficient (Wildman–Crippen LogP) is 5.01. The van der Waals surface area contributed by atoms with Crippen molar-refractivity contribution in [2.75, 3.05) is 0 Å². The standard InChI is InChI=1S/C25H20O5/c26-23-10-8-18(20-14-22(20)25(29)30)13-21(23)19-12-17(15-4-2-1-3-5-15)7-6-16(19)9-11-24(27)28/h1-13,20,22,26H,14H2,(H,27,28)(H,29,30). The fourth-order valence-electron chi connectivity index (χ4n) is 3.74. The SMILES string of the molecule is O=C(O)C=Cc1ccc(-c2ccccc2)cc1-c1cc(C2CC2C(=O)O)ccc1O. The lowest BCUT2D eigenvalue weighted by Gasteiger charge is -2.13. The summed E-state index contributed by atoms with van der Waals surface area (Å²) in [5, 5.41) is 28.9. The molecule has 0 heterocycles. The minimum Gasteiger partial charge on any atom is -0.507 e. The van der Waals surface area contributed by atoms with Crippen LogP contribution in [-0.2, 0) is 9.59 Å². The normalized spacial score (nSPS) is 17.7. The maximum Gasteiger partial charge on any atom is 0.328 e. The molecule has 4 rings (SSSR count). The highest BCUT2D eigenvalue weighted by atomic mass is 16.4. The van der Waals surface area contributed by atoms with Gasteiger partial charge in [-0.05, 0) is 64.4 Å². The summed E-state index contributed by atoms with van der Waals surface area (Å²) >= 11 is 0. The zero-order valence-corrected chi connectivity index (χ0v) is 16.0. The largest absolute Gasteiger partial charge is 0.507 e. The van der Waals surface area contributed by atoms with Crippen molar-refractivity contribution in [1.82, 2.24) is 0 Å². The lowest BCUT2D eigenvalue weighted by Crippen LogP contribution is -1.99. The fourth-order valence-corrected chi connectivity index (χ4v) is 3.74. The lowest BCUT2D eigenvalue weighted by molar-refractivity contribution is -0.138. The number of carboxylic acids is 2. The Labute approximate surface area is 173 Å². The molecule has 0 bridgehead atoms. The minimum absolute atomic E-state index is 0.0569. The Morgan fingerprint density at radius 2 is 1.63 bits per heavy atom. The molecule has 1 aliphatic rings. The van der Waals surface area contributed by atoms with E-state index >= 15 is 0 Å². The van der Waals surface area contributed by atoms with Gasteiger partial charge < -0.3 is 15.3 Å². The predicted molar refractivity (Wildman–Crippen MR) is 114 cm³/mol. The van der Waals surface area contributed by atoms with Gasteiger partial charge in [0.25, 0.3) is 0 Å². The number of hydrogen-bond acceptors (Lipinski definition) is 3. The van der Waals surface area contributed by atoms with E-state index in [1.165, 1.54) is 6.08 Å². The third-order valence-corrected chi connectivity index (χ3v) is 5.41. The van der Waals surface area contributed by atoms with E-state index in [1.54, 1.807) is 12.1 Å². The number of carbonyl (C=O) groups is 2. The lowest BCUT2D eigenvalue weighted by atomic mass is 9.92. The molecule has 150 valence electrons. The van der Waals surface area contributed by atoms with Crippen molar-refractivity contribution in [2.45, 2.75) is 12.3 Å². The summed E-state index contributed by atoms with van der Waals surface area (Å²) in [6, 6.07) is 20.5. The number of phenols is 1. The van der Waals surface area contributed by atoms with E-state index in [4.69, 9.17) is 5.11 Å². The highest BCUT2D eigenvalue weighted by Gasteiger charge is 2.44. The molecule has 0 aromatic heterocycles. The van der Waals surface area contributed by atoms with Crippen LogP contribution >= 0.6 is 0 Å². The first-order valence-corrected chi connectivity index (χ1v) is 9.60. The molecule has 0 spiro atoms. The molecule has 2 atom stereocenters. The number of phenolic OH excluding ortho intramolecular Hbond substituents is 1. The maximum absolute atomic E-state index is 11.3. The number of carboxylic acid groups (broad SMARTS) is 2. The van der Waals surface area contributed by atoms with Crippen LogP contribution in [0.2, 0.25) is 0 Å². The maximum atomic E-state index is 11.3. The van der Waals surface area contributed by atoms with E-state index in [9.17, 15) is 19.8 Å². The first-order chi connectivity index (χ1) is 14.4. The molecule has 0 amide bonds. The number of hydrogen-bond donors (Lipinski definition) is 3. The number of aromatic hydroxyl groups is 1. The molecule has 0 radical (unpaired) electrons. The fraction of sp³-hybridized carbons (Fsp3) is 0.120. The summed E-state index contributed by atoms with van der Waals surface area (Å²) in [4.78, 5) is 22.3. The monoisotopic (exact) mass is 400 g/mol. The van der Waals surface area contributed by atoms with E-state index in [-0.39, 0.29) is 11.7 Å². The Hall–Kier alpha value is -3.86. The van der Waals surface area contributed by atoms with Crippen molar-refractivity contribution in [3.05, 3.63) is 83.9 Å². The van der Waals surface area contributed by atoms with Gasteiger partial charge in [-0.2, -0.15) is 0 Å². The third-order valence-electron chi connectivity index (χ3n) is 5.41. The van der Waals surface area contributed by atoms with Crippen LogP contribution in [0, 0.1) is 5.92 Å². The number of rotatable bonds is 6. The van der Waals surface area contributed by atoms with Gasteiger partial charge in [-0.15, -0.1) is 0 Å². The summed E-state index contributed by atoms with van der Waals surface area (Å²) in [5.41, 5.74) is 4.66. The Kier molecular flexibility index (Phi) is 5.11. The summed E-state index contributed by atoms with van der Waals surface area (Å²) in [6.45, 7) is 0. The van der Waals surface area contributed by atoms with E-state index in [1.807, 2.05) is 54.6 Å². The van der Waals surface area contributed by atoms with Crippen LogP contribution in [0.25, 0.3) is 28.3 Å². The molecular weight excluding hydrogens is 380 g/mol. The van der Waals surface area contributed by atoms with Crippen molar-refractivity contribution in [2.24, 2.45) is 5.92 Å². The third kappa shape index (κ3) is 3.96. The average molecular weight is 400 g/mol.